The first kappa shape index (κ1) is 32.4. The minimum Gasteiger partial charge on any atom is -0.490 e. The molecule has 5 atom stereocenters. The summed E-state index contributed by atoms with van der Waals surface area (Å²) in [4.78, 5) is 15.7. The van der Waals surface area contributed by atoms with Crippen LogP contribution in [0.5, 0.6) is 5.75 Å². The van der Waals surface area contributed by atoms with Gasteiger partial charge in [-0.2, -0.15) is 0 Å². The van der Waals surface area contributed by atoms with Gasteiger partial charge in [-0.15, -0.1) is 0 Å². The Kier molecular flexibility index (Phi) is 9.32. The van der Waals surface area contributed by atoms with E-state index >= 15 is 0 Å². The highest BCUT2D eigenvalue weighted by Gasteiger charge is 2.44. The monoisotopic (exact) mass is 674 g/mol. The third kappa shape index (κ3) is 7.39. The van der Waals surface area contributed by atoms with Crippen LogP contribution in [0.15, 0.2) is 48.6 Å². The average Bonchev–Trinajstić information content (AvgIpc) is 3.10. The summed E-state index contributed by atoms with van der Waals surface area (Å²) in [7, 11) is -6.00. The van der Waals surface area contributed by atoms with Crippen molar-refractivity contribution in [2.75, 3.05) is 49.0 Å². The highest BCUT2D eigenvalue weighted by Crippen LogP contribution is 2.47. The highest BCUT2D eigenvalue weighted by molar-refractivity contribution is 7.99. The zero-order valence-electron chi connectivity index (χ0n) is 25.8. The number of carbonyl (C=O) groups excluding carboxylic acids is 1. The van der Waals surface area contributed by atoms with E-state index in [2.05, 4.69) is 33.7 Å². The maximum atomic E-state index is 13.4. The third-order valence-electron chi connectivity index (χ3n) is 9.87. The molecule has 11 heteroatoms. The zero-order chi connectivity index (χ0) is 31.8. The van der Waals surface area contributed by atoms with Crippen molar-refractivity contribution in [3.8, 4) is 5.75 Å². The molecule has 1 spiro atoms. The number of allylic oxidation sites excluding steroid dienone is 1. The van der Waals surface area contributed by atoms with E-state index in [1.807, 2.05) is 24.3 Å². The van der Waals surface area contributed by atoms with Gasteiger partial charge in [-0.1, -0.05) is 29.8 Å². The Hall–Kier alpha value is -2.53. The molecule has 2 aliphatic carbocycles. The topological polar surface area (TPSA) is 102 Å². The van der Waals surface area contributed by atoms with E-state index in [0.717, 1.165) is 55.1 Å². The molecule has 1 saturated carbocycles. The fraction of sp³-hybridized carbons (Fsp3) is 0.529. The van der Waals surface area contributed by atoms with Gasteiger partial charge in [0.25, 0.3) is 5.91 Å². The lowest BCUT2D eigenvalue weighted by Crippen LogP contribution is -2.49. The standard InChI is InChI=1S/C34H43ClN2O6S2/c1-44(39)17-5-3-4-8-31(42-16-18-45(2,40)41)28-12-9-26(28)21-37-22-34(15-6-7-24-19-27(35)11-13-29(24)34)23-43-32-14-10-25(20-30(32)37)33(38)36-44/h4,8,10-11,13-14,19-20,26,28,31H,1,3,5-7,9,12,15-18,21-23H2,2H3,(H,36,38,39)/b8-4+/t26-,28+,31+,34-,44?/m0/s1. The predicted octanol–water partition coefficient (Wildman–Crippen LogP) is 4.98. The number of halogens is 1. The van der Waals surface area contributed by atoms with Gasteiger partial charge < -0.3 is 14.4 Å². The SMILES string of the molecule is C=S1(=O)CCC/C=C/[C@@H](OCCS(C)(=O)=O)[C@@H]2CC[C@H]2CN2C[C@@]3(CCCc4cc(Cl)ccc43)COc3ccc(cc32)C(=O)N1. The van der Waals surface area contributed by atoms with Crippen LogP contribution < -0.4 is 14.4 Å². The lowest BCUT2D eigenvalue weighted by Gasteiger charge is -2.46. The molecule has 2 heterocycles. The van der Waals surface area contributed by atoms with Crippen LogP contribution in [-0.4, -0.2) is 74.6 Å². The fourth-order valence-electron chi connectivity index (χ4n) is 7.39. The van der Waals surface area contributed by atoms with Gasteiger partial charge in [0.05, 0.1) is 30.8 Å². The van der Waals surface area contributed by atoms with Crippen LogP contribution in [0.2, 0.25) is 5.02 Å². The van der Waals surface area contributed by atoms with Crippen LogP contribution in [0.1, 0.15) is 60.0 Å². The van der Waals surface area contributed by atoms with Crippen molar-refractivity contribution in [3.63, 3.8) is 0 Å². The smallest absolute Gasteiger partial charge is 0.262 e. The number of fused-ring (bicyclic) bond motifs is 4. The molecular formula is C34H43ClN2O6S2. The summed E-state index contributed by atoms with van der Waals surface area (Å²) in [5.74, 6) is 4.90. The molecule has 4 aliphatic rings. The van der Waals surface area contributed by atoms with E-state index in [1.54, 1.807) is 6.07 Å². The largest absolute Gasteiger partial charge is 0.490 e. The van der Waals surface area contributed by atoms with Gasteiger partial charge in [0.2, 0.25) is 0 Å². The first-order chi connectivity index (χ1) is 21.4. The van der Waals surface area contributed by atoms with Gasteiger partial charge in [0, 0.05) is 50.8 Å². The number of carbonyl (C=O) groups is 1. The van der Waals surface area contributed by atoms with E-state index in [-0.39, 0.29) is 35.5 Å². The van der Waals surface area contributed by atoms with Crippen molar-refractivity contribution < 1.29 is 26.9 Å². The van der Waals surface area contributed by atoms with E-state index < -0.39 is 25.5 Å². The Bertz CT molecular complexity index is 1690. The number of nitrogens with zero attached hydrogens (tertiary/aromatic N) is 1. The molecule has 0 saturated heterocycles. The minimum atomic E-state index is -3.15. The van der Waals surface area contributed by atoms with Crippen LogP contribution in [-0.2, 0) is 36.1 Å². The molecule has 244 valence electrons. The van der Waals surface area contributed by atoms with Crippen molar-refractivity contribution in [3.05, 3.63) is 70.3 Å². The van der Waals surface area contributed by atoms with Crippen molar-refractivity contribution in [1.82, 2.24) is 4.72 Å². The van der Waals surface area contributed by atoms with Crippen molar-refractivity contribution in [2.45, 2.75) is 56.5 Å². The van der Waals surface area contributed by atoms with Crippen molar-refractivity contribution in [1.29, 1.82) is 0 Å². The number of hydrogen-bond acceptors (Lipinski definition) is 7. The zero-order valence-corrected chi connectivity index (χ0v) is 28.2. The van der Waals surface area contributed by atoms with Gasteiger partial charge in [-0.25, -0.2) is 12.6 Å². The molecule has 0 radical (unpaired) electrons. The molecule has 6 rings (SSSR count). The highest BCUT2D eigenvalue weighted by atomic mass is 35.5. The van der Waals surface area contributed by atoms with Crippen LogP contribution in [0, 0.1) is 11.8 Å². The van der Waals surface area contributed by atoms with Gasteiger partial charge in [-0.05, 0) is 104 Å². The second kappa shape index (κ2) is 12.9. The van der Waals surface area contributed by atoms with Gasteiger partial charge in [0.15, 0.2) is 0 Å². The Labute approximate surface area is 272 Å². The Morgan fingerprint density at radius 3 is 2.82 bits per heavy atom. The van der Waals surface area contributed by atoms with Crippen molar-refractivity contribution in [2.24, 2.45) is 11.8 Å². The summed E-state index contributed by atoms with van der Waals surface area (Å²) in [5, 5.41) is 0.735. The number of benzene rings is 2. The van der Waals surface area contributed by atoms with E-state index in [9.17, 15) is 17.4 Å². The van der Waals surface area contributed by atoms with Gasteiger partial charge in [0.1, 0.15) is 15.6 Å². The summed E-state index contributed by atoms with van der Waals surface area (Å²) in [6.45, 7) is 2.10. The van der Waals surface area contributed by atoms with Gasteiger partial charge >= 0.3 is 0 Å². The average molecular weight is 675 g/mol. The quantitative estimate of drug-likeness (QED) is 0.361. The third-order valence-corrected chi connectivity index (χ3v) is 12.5. The number of rotatable bonds is 4. The number of aryl methyl sites for hydroxylation is 1. The minimum absolute atomic E-state index is 0.0243. The normalized spacial score (nSPS) is 31.0. The molecule has 2 bridgehead atoms. The van der Waals surface area contributed by atoms with Crippen molar-refractivity contribution >= 4 is 48.6 Å². The van der Waals surface area contributed by atoms with Gasteiger partial charge in [-0.3, -0.25) is 9.52 Å². The molecule has 1 amide bonds. The molecule has 45 heavy (non-hydrogen) atoms. The predicted molar refractivity (Wildman–Crippen MR) is 182 cm³/mol. The second-order valence-electron chi connectivity index (χ2n) is 13.3. The van der Waals surface area contributed by atoms with Crippen LogP contribution in [0.25, 0.3) is 0 Å². The molecule has 8 nitrogen and oxygen atoms in total. The molecule has 2 aromatic rings. The number of amides is 1. The Balaban J connectivity index is 1.38. The van der Waals surface area contributed by atoms with Crippen LogP contribution in [0.3, 0.4) is 0 Å². The number of ether oxygens (including phenoxy) is 2. The summed E-state index contributed by atoms with van der Waals surface area (Å²) in [6.07, 6.45) is 11.3. The lowest BCUT2D eigenvalue weighted by molar-refractivity contribution is -0.00783. The number of hydrogen-bond donors (Lipinski definition) is 1. The summed E-state index contributed by atoms with van der Waals surface area (Å²) in [5.41, 5.74) is 3.53. The molecule has 2 aromatic carbocycles. The molecule has 1 unspecified atom stereocenters. The number of nitrogens with one attached hydrogen (secondary N) is 1. The molecule has 2 aliphatic heterocycles. The number of sulfone groups is 1. The fourth-order valence-corrected chi connectivity index (χ4v) is 9.18. The Morgan fingerprint density at radius 1 is 1.20 bits per heavy atom. The maximum Gasteiger partial charge on any atom is 0.262 e. The van der Waals surface area contributed by atoms with E-state index in [4.69, 9.17) is 21.1 Å². The summed E-state index contributed by atoms with van der Waals surface area (Å²) < 4.78 is 52.5. The first-order valence-corrected chi connectivity index (χ1v) is 20.2. The molecule has 1 N–H and O–H groups in total. The molecule has 1 fully saturated rings. The number of anilines is 1. The van der Waals surface area contributed by atoms with Crippen LogP contribution in [0.4, 0.5) is 5.69 Å². The first-order valence-electron chi connectivity index (χ1n) is 15.9. The summed E-state index contributed by atoms with van der Waals surface area (Å²) >= 11 is 6.42. The summed E-state index contributed by atoms with van der Waals surface area (Å²) in [6, 6.07) is 11.6. The second-order valence-corrected chi connectivity index (χ2v) is 18.2. The lowest BCUT2D eigenvalue weighted by atomic mass is 9.68. The Morgan fingerprint density at radius 2 is 2.04 bits per heavy atom. The molecule has 0 aromatic heterocycles. The van der Waals surface area contributed by atoms with E-state index in [0.29, 0.717) is 37.5 Å². The van der Waals surface area contributed by atoms with Crippen LogP contribution >= 0.6 is 11.6 Å². The maximum absolute atomic E-state index is 13.4. The van der Waals surface area contributed by atoms with E-state index in [1.165, 1.54) is 17.4 Å². The molecular weight excluding hydrogens is 632 g/mol.